The molecule has 0 N–H and O–H groups in total. The molecule has 28 heavy (non-hydrogen) atoms. The van der Waals surface area contributed by atoms with Crippen LogP contribution in [0.5, 0.6) is 11.5 Å². The summed E-state index contributed by atoms with van der Waals surface area (Å²) in [5.41, 5.74) is 1.44. The van der Waals surface area contributed by atoms with Crippen molar-refractivity contribution in [3.8, 4) is 11.5 Å². The van der Waals surface area contributed by atoms with Crippen molar-refractivity contribution in [3.05, 3.63) is 52.8 Å². The molecule has 1 amide bonds. The molecule has 0 saturated carbocycles. The van der Waals surface area contributed by atoms with Gasteiger partial charge in [-0.25, -0.2) is 0 Å². The number of hydrogen-bond acceptors (Lipinski definition) is 5. The van der Waals surface area contributed by atoms with Gasteiger partial charge in [-0.2, -0.15) is 4.99 Å². The lowest BCUT2D eigenvalue weighted by atomic mass is 10.2. The molecule has 6 nitrogen and oxygen atoms in total. The van der Waals surface area contributed by atoms with E-state index in [0.29, 0.717) is 42.5 Å². The van der Waals surface area contributed by atoms with Gasteiger partial charge in [0.2, 0.25) is 0 Å². The van der Waals surface area contributed by atoms with Crippen LogP contribution >= 0.6 is 11.3 Å². The van der Waals surface area contributed by atoms with Crippen LogP contribution in [0.4, 0.5) is 0 Å². The van der Waals surface area contributed by atoms with Gasteiger partial charge in [-0.15, -0.1) is 0 Å². The molecule has 0 bridgehead atoms. The molecule has 0 fully saturated rings. The Morgan fingerprint density at radius 1 is 1.14 bits per heavy atom. The molecular weight excluding hydrogens is 376 g/mol. The third-order valence-electron chi connectivity index (χ3n) is 4.16. The quantitative estimate of drug-likeness (QED) is 0.538. The predicted octanol–water partition coefficient (Wildman–Crippen LogP) is 3.89. The van der Waals surface area contributed by atoms with E-state index in [4.69, 9.17) is 14.2 Å². The lowest BCUT2D eigenvalue weighted by molar-refractivity contribution is 0.0993. The maximum Gasteiger partial charge on any atom is 0.283 e. The number of methoxy groups -OCH3 is 1. The summed E-state index contributed by atoms with van der Waals surface area (Å²) in [4.78, 5) is 17.8. The second-order valence-electron chi connectivity index (χ2n) is 5.91. The van der Waals surface area contributed by atoms with E-state index in [2.05, 4.69) is 4.99 Å². The van der Waals surface area contributed by atoms with Gasteiger partial charge in [-0.3, -0.25) is 4.79 Å². The number of ether oxygens (including phenoxy) is 3. The van der Waals surface area contributed by atoms with Gasteiger partial charge in [0.1, 0.15) is 11.5 Å². The van der Waals surface area contributed by atoms with Gasteiger partial charge in [0, 0.05) is 13.2 Å². The van der Waals surface area contributed by atoms with Crippen LogP contribution in [0.25, 0.3) is 10.2 Å². The largest absolute Gasteiger partial charge is 0.496 e. The van der Waals surface area contributed by atoms with Crippen LogP contribution < -0.4 is 14.3 Å². The van der Waals surface area contributed by atoms with Crippen LogP contribution in [-0.2, 0) is 11.3 Å². The Morgan fingerprint density at radius 3 is 2.71 bits per heavy atom. The summed E-state index contributed by atoms with van der Waals surface area (Å²) in [5, 5.41) is 0. The first-order valence-corrected chi connectivity index (χ1v) is 10.1. The van der Waals surface area contributed by atoms with E-state index in [1.165, 1.54) is 11.3 Å². The Balaban J connectivity index is 2.07. The van der Waals surface area contributed by atoms with E-state index in [-0.39, 0.29) is 5.91 Å². The van der Waals surface area contributed by atoms with Crippen molar-refractivity contribution in [2.75, 3.05) is 26.9 Å². The maximum absolute atomic E-state index is 12.8. The first kappa shape index (κ1) is 20.1. The number of carbonyl (C=O) groups is 1. The standard InChI is InChI=1S/C21H24N2O4S/c1-4-26-13-12-23-17-11-10-15(27-5-2)14-19(17)28-21(23)22-20(24)16-8-6-7-9-18(16)25-3/h6-11,14H,4-5,12-13H2,1-3H3. The highest BCUT2D eigenvalue weighted by Crippen LogP contribution is 2.24. The molecule has 0 aliphatic rings. The van der Waals surface area contributed by atoms with Crippen LogP contribution in [0, 0.1) is 0 Å². The van der Waals surface area contributed by atoms with E-state index in [1.807, 2.05) is 42.7 Å². The van der Waals surface area contributed by atoms with E-state index in [0.717, 1.165) is 16.0 Å². The second kappa shape index (κ2) is 9.52. The van der Waals surface area contributed by atoms with Gasteiger partial charge >= 0.3 is 0 Å². The number of hydrogen-bond donors (Lipinski definition) is 0. The Morgan fingerprint density at radius 2 is 1.96 bits per heavy atom. The van der Waals surface area contributed by atoms with Crippen molar-refractivity contribution in [1.82, 2.24) is 4.57 Å². The summed E-state index contributed by atoms with van der Waals surface area (Å²) >= 11 is 1.46. The smallest absolute Gasteiger partial charge is 0.283 e. The Kier molecular flexibility index (Phi) is 6.84. The van der Waals surface area contributed by atoms with Crippen LogP contribution in [0.1, 0.15) is 24.2 Å². The van der Waals surface area contributed by atoms with Crippen molar-refractivity contribution in [3.63, 3.8) is 0 Å². The molecule has 0 aliphatic carbocycles. The van der Waals surface area contributed by atoms with Crippen molar-refractivity contribution in [2.24, 2.45) is 4.99 Å². The van der Waals surface area contributed by atoms with Gasteiger partial charge in [-0.05, 0) is 44.2 Å². The zero-order valence-corrected chi connectivity index (χ0v) is 17.1. The van der Waals surface area contributed by atoms with Gasteiger partial charge in [0.15, 0.2) is 4.80 Å². The van der Waals surface area contributed by atoms with Crippen molar-refractivity contribution >= 4 is 27.5 Å². The number of amides is 1. The van der Waals surface area contributed by atoms with Crippen LogP contribution in [0.2, 0.25) is 0 Å². The topological polar surface area (TPSA) is 62.1 Å². The minimum atomic E-state index is -0.334. The summed E-state index contributed by atoms with van der Waals surface area (Å²) in [7, 11) is 1.54. The predicted molar refractivity (Wildman–Crippen MR) is 110 cm³/mol. The first-order valence-electron chi connectivity index (χ1n) is 9.24. The molecule has 148 valence electrons. The average Bonchev–Trinajstić information content (AvgIpc) is 3.04. The molecule has 7 heteroatoms. The molecule has 3 rings (SSSR count). The molecule has 1 aromatic heterocycles. The summed E-state index contributed by atoms with van der Waals surface area (Å²) in [5.74, 6) is 0.979. The van der Waals surface area contributed by atoms with E-state index >= 15 is 0 Å². The minimum absolute atomic E-state index is 0.334. The van der Waals surface area contributed by atoms with E-state index in [9.17, 15) is 4.79 Å². The summed E-state index contributed by atoms with van der Waals surface area (Å²) < 4.78 is 19.4. The van der Waals surface area contributed by atoms with E-state index < -0.39 is 0 Å². The monoisotopic (exact) mass is 400 g/mol. The fourth-order valence-corrected chi connectivity index (χ4v) is 3.96. The Hall–Kier alpha value is -2.64. The summed E-state index contributed by atoms with van der Waals surface area (Å²) in [6, 6.07) is 13.0. The fourth-order valence-electron chi connectivity index (χ4n) is 2.88. The average molecular weight is 401 g/mol. The van der Waals surface area contributed by atoms with Crippen molar-refractivity contribution < 1.29 is 19.0 Å². The molecule has 1 heterocycles. The van der Waals surface area contributed by atoms with Gasteiger partial charge in [0.05, 0.1) is 36.1 Å². The normalized spacial score (nSPS) is 11.8. The number of fused-ring (bicyclic) bond motifs is 1. The molecule has 0 aliphatic heterocycles. The third kappa shape index (κ3) is 4.43. The zero-order valence-electron chi connectivity index (χ0n) is 16.3. The molecule has 0 radical (unpaired) electrons. The molecule has 0 unspecified atom stereocenters. The third-order valence-corrected chi connectivity index (χ3v) is 5.20. The number of para-hydroxylation sites is 1. The Labute approximate surface area is 168 Å². The summed E-state index contributed by atoms with van der Waals surface area (Å²) in [6.45, 7) is 6.31. The minimum Gasteiger partial charge on any atom is -0.496 e. The van der Waals surface area contributed by atoms with Gasteiger partial charge in [0.25, 0.3) is 5.91 Å². The number of carbonyl (C=O) groups excluding carboxylic acids is 1. The molecule has 3 aromatic rings. The lowest BCUT2D eigenvalue weighted by Crippen LogP contribution is -2.20. The molecule has 0 spiro atoms. The zero-order chi connectivity index (χ0) is 19.9. The highest BCUT2D eigenvalue weighted by molar-refractivity contribution is 7.16. The van der Waals surface area contributed by atoms with Crippen molar-refractivity contribution in [1.29, 1.82) is 0 Å². The molecule has 0 saturated heterocycles. The number of rotatable bonds is 8. The fraction of sp³-hybridized carbons (Fsp3) is 0.333. The lowest BCUT2D eigenvalue weighted by Gasteiger charge is -2.07. The number of nitrogens with zero attached hydrogens (tertiary/aromatic N) is 2. The van der Waals surface area contributed by atoms with Gasteiger partial charge in [-0.1, -0.05) is 23.5 Å². The summed E-state index contributed by atoms with van der Waals surface area (Å²) in [6.07, 6.45) is 0. The molecular formula is C21H24N2O4S. The number of thiazole rings is 1. The number of aromatic nitrogens is 1. The highest BCUT2D eigenvalue weighted by Gasteiger charge is 2.13. The SMILES string of the molecule is CCOCCn1c(=NC(=O)c2ccccc2OC)sc2cc(OCC)ccc21. The Bertz CT molecular complexity index is 1020. The highest BCUT2D eigenvalue weighted by atomic mass is 32.1. The maximum atomic E-state index is 12.8. The first-order chi connectivity index (χ1) is 13.7. The molecule has 0 atom stereocenters. The van der Waals surface area contributed by atoms with Crippen LogP contribution in [-0.4, -0.2) is 37.4 Å². The molecule has 2 aromatic carbocycles. The van der Waals surface area contributed by atoms with Gasteiger partial charge < -0.3 is 18.8 Å². The number of benzene rings is 2. The van der Waals surface area contributed by atoms with E-state index in [1.54, 1.807) is 25.3 Å². The van der Waals surface area contributed by atoms with Crippen LogP contribution in [0.3, 0.4) is 0 Å². The van der Waals surface area contributed by atoms with Crippen molar-refractivity contribution in [2.45, 2.75) is 20.4 Å². The van der Waals surface area contributed by atoms with Crippen LogP contribution in [0.15, 0.2) is 47.5 Å². The second-order valence-corrected chi connectivity index (χ2v) is 6.92.